The summed E-state index contributed by atoms with van der Waals surface area (Å²) in [7, 11) is 0. The van der Waals surface area contributed by atoms with Crippen molar-refractivity contribution >= 4 is 17.9 Å². The molecule has 0 radical (unpaired) electrons. The summed E-state index contributed by atoms with van der Waals surface area (Å²) in [5.74, 6) is -1.00. The average molecular weight is 1010 g/mol. The molecule has 0 bridgehead atoms. The Balaban J connectivity index is 4.58. The van der Waals surface area contributed by atoms with E-state index in [0.717, 1.165) is 128 Å². The van der Waals surface area contributed by atoms with Crippen LogP contribution in [-0.4, -0.2) is 37.2 Å². The molecule has 0 amide bonds. The molecule has 73 heavy (non-hydrogen) atoms. The molecule has 0 unspecified atom stereocenters. The van der Waals surface area contributed by atoms with Crippen LogP contribution in [0.2, 0.25) is 0 Å². The molecule has 0 fully saturated rings. The zero-order valence-electron chi connectivity index (χ0n) is 47.1. The minimum absolute atomic E-state index is 0.118. The van der Waals surface area contributed by atoms with E-state index in [1.54, 1.807) is 0 Å². The van der Waals surface area contributed by atoms with E-state index in [1.807, 2.05) is 0 Å². The Morgan fingerprint density at radius 1 is 0.274 bits per heavy atom. The van der Waals surface area contributed by atoms with Gasteiger partial charge in [0.25, 0.3) is 0 Å². The molecular formula is C67H108O6. The van der Waals surface area contributed by atoms with Crippen molar-refractivity contribution in [3.8, 4) is 0 Å². The highest BCUT2D eigenvalue weighted by Crippen LogP contribution is 2.12. The second kappa shape index (κ2) is 60.1. The minimum atomic E-state index is -0.824. The lowest BCUT2D eigenvalue weighted by Gasteiger charge is -2.18. The van der Waals surface area contributed by atoms with Gasteiger partial charge in [-0.25, -0.2) is 0 Å². The fraction of sp³-hybridized carbons (Fsp3) is 0.627. The third-order valence-electron chi connectivity index (χ3n) is 12.1. The number of rotatable bonds is 52. The highest BCUT2D eigenvalue weighted by molar-refractivity contribution is 5.71. The molecule has 0 aromatic heterocycles. The molecule has 0 spiro atoms. The van der Waals surface area contributed by atoms with Crippen LogP contribution in [0.25, 0.3) is 0 Å². The van der Waals surface area contributed by atoms with Gasteiger partial charge in [-0.2, -0.15) is 0 Å². The van der Waals surface area contributed by atoms with Crippen molar-refractivity contribution in [2.24, 2.45) is 0 Å². The Labute approximate surface area is 449 Å². The van der Waals surface area contributed by atoms with Crippen molar-refractivity contribution in [2.75, 3.05) is 13.2 Å². The Kier molecular flexibility index (Phi) is 56.4. The van der Waals surface area contributed by atoms with Gasteiger partial charge in [-0.05, 0) is 148 Å². The van der Waals surface area contributed by atoms with Crippen molar-refractivity contribution in [2.45, 2.75) is 258 Å². The van der Waals surface area contributed by atoms with Gasteiger partial charge in [0.2, 0.25) is 0 Å². The molecule has 0 rings (SSSR count). The first-order valence-corrected chi connectivity index (χ1v) is 29.7. The molecule has 0 aromatic rings. The molecule has 0 aliphatic rings. The second-order valence-corrected chi connectivity index (χ2v) is 19.2. The van der Waals surface area contributed by atoms with Gasteiger partial charge >= 0.3 is 17.9 Å². The largest absolute Gasteiger partial charge is 0.462 e. The van der Waals surface area contributed by atoms with Crippen LogP contribution in [0.4, 0.5) is 0 Å². The maximum absolute atomic E-state index is 12.9. The summed E-state index contributed by atoms with van der Waals surface area (Å²) in [6.07, 6.45) is 84.3. The number of hydrogen-bond acceptors (Lipinski definition) is 6. The van der Waals surface area contributed by atoms with E-state index in [1.165, 1.54) is 77.0 Å². The maximum atomic E-state index is 12.9. The highest BCUT2D eigenvalue weighted by atomic mass is 16.6. The first-order valence-electron chi connectivity index (χ1n) is 29.7. The normalized spacial score (nSPS) is 13.1. The number of carbonyl (C=O) groups excluding carboxylic acids is 3. The molecule has 0 N–H and O–H groups in total. The van der Waals surface area contributed by atoms with Gasteiger partial charge in [0.1, 0.15) is 13.2 Å². The van der Waals surface area contributed by atoms with Crippen LogP contribution in [0.3, 0.4) is 0 Å². The van der Waals surface area contributed by atoms with Gasteiger partial charge in [-0.1, -0.05) is 219 Å². The van der Waals surface area contributed by atoms with Crippen LogP contribution < -0.4 is 0 Å². The predicted molar refractivity (Wildman–Crippen MR) is 316 cm³/mol. The van der Waals surface area contributed by atoms with Crippen LogP contribution in [0.1, 0.15) is 252 Å². The summed E-state index contributed by atoms with van der Waals surface area (Å²) < 4.78 is 16.8. The summed E-state index contributed by atoms with van der Waals surface area (Å²) in [6, 6.07) is 0. The van der Waals surface area contributed by atoms with E-state index in [-0.39, 0.29) is 37.5 Å². The minimum Gasteiger partial charge on any atom is -0.462 e. The first kappa shape index (κ1) is 68.6. The van der Waals surface area contributed by atoms with Gasteiger partial charge in [0, 0.05) is 19.3 Å². The zero-order valence-corrected chi connectivity index (χ0v) is 47.1. The number of esters is 3. The molecule has 1 atom stereocenters. The molecule has 0 heterocycles. The molecule has 6 nitrogen and oxygen atoms in total. The summed E-state index contributed by atoms with van der Waals surface area (Å²) in [5, 5.41) is 0. The monoisotopic (exact) mass is 1010 g/mol. The quantitative estimate of drug-likeness (QED) is 0.0261. The fourth-order valence-electron chi connectivity index (χ4n) is 7.59. The van der Waals surface area contributed by atoms with Crippen molar-refractivity contribution in [1.29, 1.82) is 0 Å². The second-order valence-electron chi connectivity index (χ2n) is 19.2. The topological polar surface area (TPSA) is 78.9 Å². The Morgan fingerprint density at radius 3 is 0.767 bits per heavy atom. The molecule has 6 heteroatoms. The van der Waals surface area contributed by atoms with E-state index in [0.29, 0.717) is 19.3 Å². The smallest absolute Gasteiger partial charge is 0.306 e. The van der Waals surface area contributed by atoms with E-state index in [2.05, 4.69) is 154 Å². The SMILES string of the molecule is CCCCC/C=C/C/C=C/C/C=C/C/C=C/CCCCCC(=O)OC[C@@H](COC(=O)CCCCCC/C=C/C/C=C/C/C=C/CCCCC)OC(=O)CCCCC/C=C/C/C=C/C/C=C/C/C=C/CCCCC. The first-order chi connectivity index (χ1) is 36.0. The van der Waals surface area contributed by atoms with Crippen LogP contribution >= 0.6 is 0 Å². The van der Waals surface area contributed by atoms with Crippen LogP contribution in [0, 0.1) is 0 Å². The number of unbranched alkanes of at least 4 members (excludes halogenated alkanes) is 19. The third kappa shape index (κ3) is 58.3. The number of ether oxygens (including phenoxy) is 3. The summed E-state index contributed by atoms with van der Waals surface area (Å²) in [4.78, 5) is 38.2. The molecule has 0 aromatic carbocycles. The van der Waals surface area contributed by atoms with Crippen LogP contribution in [0.5, 0.6) is 0 Å². The van der Waals surface area contributed by atoms with Gasteiger partial charge < -0.3 is 14.2 Å². The van der Waals surface area contributed by atoms with Gasteiger partial charge in [-0.3, -0.25) is 14.4 Å². The fourth-order valence-corrected chi connectivity index (χ4v) is 7.59. The van der Waals surface area contributed by atoms with Crippen molar-refractivity contribution in [3.63, 3.8) is 0 Å². The lowest BCUT2D eigenvalue weighted by Crippen LogP contribution is -2.30. The molecule has 0 aliphatic carbocycles. The molecular weight excluding hydrogens is 901 g/mol. The van der Waals surface area contributed by atoms with Crippen molar-refractivity contribution in [1.82, 2.24) is 0 Å². The number of carbonyl (C=O) groups is 3. The number of hydrogen-bond donors (Lipinski definition) is 0. The molecule has 412 valence electrons. The van der Waals surface area contributed by atoms with Gasteiger partial charge in [0.15, 0.2) is 6.10 Å². The zero-order chi connectivity index (χ0) is 52.9. The van der Waals surface area contributed by atoms with Gasteiger partial charge in [-0.15, -0.1) is 0 Å². The molecule has 0 saturated heterocycles. The highest BCUT2D eigenvalue weighted by Gasteiger charge is 2.19. The summed E-state index contributed by atoms with van der Waals surface area (Å²) in [5.41, 5.74) is 0. The van der Waals surface area contributed by atoms with Crippen molar-refractivity contribution < 1.29 is 28.6 Å². The molecule has 0 aliphatic heterocycles. The Bertz CT molecular complexity index is 1580. The molecule has 0 saturated carbocycles. The lowest BCUT2D eigenvalue weighted by molar-refractivity contribution is -0.167. The van der Waals surface area contributed by atoms with E-state index >= 15 is 0 Å². The van der Waals surface area contributed by atoms with E-state index in [9.17, 15) is 14.4 Å². The number of allylic oxidation sites excluding steroid dienone is 22. The maximum Gasteiger partial charge on any atom is 0.306 e. The van der Waals surface area contributed by atoms with E-state index < -0.39 is 6.10 Å². The van der Waals surface area contributed by atoms with Crippen LogP contribution in [-0.2, 0) is 28.6 Å². The van der Waals surface area contributed by atoms with Crippen molar-refractivity contribution in [3.05, 3.63) is 134 Å². The third-order valence-corrected chi connectivity index (χ3v) is 12.1. The Morgan fingerprint density at radius 2 is 0.493 bits per heavy atom. The van der Waals surface area contributed by atoms with Crippen LogP contribution in [0.15, 0.2) is 134 Å². The van der Waals surface area contributed by atoms with Gasteiger partial charge in [0.05, 0.1) is 0 Å². The predicted octanol–water partition coefficient (Wildman–Crippen LogP) is 20.2. The average Bonchev–Trinajstić information content (AvgIpc) is 3.39. The van der Waals surface area contributed by atoms with E-state index in [4.69, 9.17) is 14.2 Å². The standard InChI is InChI=1S/C67H108O6/c1-4-7-10-13-16-19-22-25-28-31-33-36-39-42-45-48-51-54-57-60-66(69)72-63-64(62-71-65(68)59-56-53-50-47-44-41-38-35-30-27-24-21-18-15-12-9-6-3)73-67(70)61-58-55-52-49-46-43-40-37-34-32-29-26-23-20-17-14-11-8-5-2/h16-21,25-30,33-34,36-38,41-43,45-46,64H,4-15,22-24,31-32,35,39-40,44,47-63H2,1-3H3/b19-16+,20-17+,21-18+,28-25+,29-26+,30-27+,36-33+,37-34+,41-38+,45-42+,46-43+/t64-/m1/s1. The summed E-state index contributed by atoms with van der Waals surface area (Å²) in [6.45, 7) is 6.48. The summed E-state index contributed by atoms with van der Waals surface area (Å²) >= 11 is 0. The Hall–Kier alpha value is -4.45. The lowest BCUT2D eigenvalue weighted by atomic mass is 10.1.